The van der Waals surface area contributed by atoms with Crippen molar-refractivity contribution < 1.29 is 13.6 Å². The van der Waals surface area contributed by atoms with Crippen LogP contribution in [0.15, 0.2) is 11.0 Å². The third-order valence-electron chi connectivity index (χ3n) is 9.36. The number of thioether (sulfide) groups is 1. The van der Waals surface area contributed by atoms with Crippen LogP contribution in [0.2, 0.25) is 36.3 Å². The van der Waals surface area contributed by atoms with Crippen molar-refractivity contribution in [3.63, 3.8) is 0 Å². The molecule has 0 N–H and O–H groups in total. The Morgan fingerprint density at radius 1 is 1.03 bits per heavy atom. The highest BCUT2D eigenvalue weighted by Crippen LogP contribution is 2.54. The normalized spacial score (nSPS) is 30.5. The number of unbranched alkanes of at least 4 members (excludes halogenated alkanes) is 1. The fourth-order valence-corrected chi connectivity index (χ4v) is 8.57. The maximum Gasteiger partial charge on any atom is 0.192 e. The van der Waals surface area contributed by atoms with E-state index in [-0.39, 0.29) is 33.6 Å². The van der Waals surface area contributed by atoms with E-state index in [4.69, 9.17) is 8.85 Å². The van der Waals surface area contributed by atoms with Crippen molar-refractivity contribution in [3.8, 4) is 0 Å². The van der Waals surface area contributed by atoms with Crippen LogP contribution < -0.4 is 0 Å². The van der Waals surface area contributed by atoms with E-state index in [2.05, 4.69) is 87.0 Å². The predicted molar refractivity (Wildman–Crippen MR) is 155 cm³/mol. The van der Waals surface area contributed by atoms with E-state index in [0.29, 0.717) is 5.78 Å². The molecule has 0 aromatic rings. The van der Waals surface area contributed by atoms with Crippen molar-refractivity contribution in [3.05, 3.63) is 11.0 Å². The van der Waals surface area contributed by atoms with Gasteiger partial charge in [0.15, 0.2) is 22.4 Å². The molecule has 34 heavy (non-hydrogen) atoms. The van der Waals surface area contributed by atoms with E-state index in [0.717, 1.165) is 37.0 Å². The molecule has 0 unspecified atom stereocenters. The Hall–Kier alpha value is 0.114. The lowest BCUT2D eigenvalue weighted by Crippen LogP contribution is -2.57. The van der Waals surface area contributed by atoms with Crippen molar-refractivity contribution in [1.29, 1.82) is 0 Å². The summed E-state index contributed by atoms with van der Waals surface area (Å²) in [6, 6.07) is 0. The van der Waals surface area contributed by atoms with E-state index in [1.165, 1.54) is 12.8 Å². The van der Waals surface area contributed by atoms with Crippen LogP contribution in [0.25, 0.3) is 0 Å². The summed E-state index contributed by atoms with van der Waals surface area (Å²) in [7, 11) is -3.83. The number of carbonyl (C=O) groups excluding carboxylic acids is 1. The lowest BCUT2D eigenvalue weighted by molar-refractivity contribution is -0.140. The van der Waals surface area contributed by atoms with Gasteiger partial charge in [0.2, 0.25) is 0 Å². The lowest BCUT2D eigenvalue weighted by Gasteiger charge is -2.54. The Morgan fingerprint density at radius 2 is 1.59 bits per heavy atom. The van der Waals surface area contributed by atoms with Crippen LogP contribution in [0.5, 0.6) is 0 Å². The molecule has 0 aromatic heterocycles. The van der Waals surface area contributed by atoms with Gasteiger partial charge in [-0.2, -0.15) is 0 Å². The molecule has 0 saturated heterocycles. The van der Waals surface area contributed by atoms with Crippen LogP contribution in [0.1, 0.15) is 93.9 Å². The van der Waals surface area contributed by atoms with Crippen molar-refractivity contribution in [2.24, 2.45) is 11.3 Å². The highest BCUT2D eigenvalue weighted by atomic mass is 32.2. The van der Waals surface area contributed by atoms with Crippen LogP contribution in [0.3, 0.4) is 0 Å². The van der Waals surface area contributed by atoms with Gasteiger partial charge in [-0.05, 0) is 79.0 Å². The first-order valence-corrected chi connectivity index (χ1v) is 20.4. The summed E-state index contributed by atoms with van der Waals surface area (Å²) in [5, 5.41) is 2.52. The molecule has 0 heterocycles. The smallest absolute Gasteiger partial charge is 0.192 e. The molecule has 2 aliphatic rings. The monoisotopic (exact) mass is 526 g/mol. The van der Waals surface area contributed by atoms with E-state index in [9.17, 15) is 4.79 Å². The second-order valence-corrected chi connectivity index (χ2v) is 24.6. The van der Waals surface area contributed by atoms with Crippen molar-refractivity contribution in [2.45, 2.75) is 142 Å². The zero-order chi connectivity index (χ0) is 26.2. The topological polar surface area (TPSA) is 35.5 Å². The third kappa shape index (κ3) is 6.70. The average Bonchev–Trinajstić information content (AvgIpc) is 2.67. The van der Waals surface area contributed by atoms with Gasteiger partial charge in [0, 0.05) is 23.5 Å². The first-order valence-electron chi connectivity index (χ1n) is 13.6. The molecule has 4 atom stereocenters. The molecule has 3 nitrogen and oxygen atoms in total. The zero-order valence-electron chi connectivity index (χ0n) is 24.4. The summed E-state index contributed by atoms with van der Waals surface area (Å²) in [4.78, 5) is 13.8. The fraction of sp³-hybridized carbons (Fsp3) is 0.893. The first-order chi connectivity index (χ1) is 15.4. The summed E-state index contributed by atoms with van der Waals surface area (Å²) in [6.07, 6.45) is 6.32. The molecule has 0 aliphatic heterocycles. The molecule has 0 amide bonds. The van der Waals surface area contributed by atoms with E-state index >= 15 is 0 Å². The van der Waals surface area contributed by atoms with Gasteiger partial charge >= 0.3 is 0 Å². The number of ketones is 1. The Labute approximate surface area is 217 Å². The van der Waals surface area contributed by atoms with Gasteiger partial charge in [-0.25, -0.2) is 0 Å². The molecular weight excluding hydrogens is 473 g/mol. The molecule has 0 spiro atoms. The second-order valence-electron chi connectivity index (χ2n) is 14.1. The predicted octanol–water partition coefficient (Wildman–Crippen LogP) is 8.96. The summed E-state index contributed by atoms with van der Waals surface area (Å²) in [5.74, 6) is 1.70. The number of rotatable bonds is 8. The molecule has 0 radical (unpaired) electrons. The Kier molecular flexibility index (Phi) is 9.68. The van der Waals surface area contributed by atoms with Crippen molar-refractivity contribution in [2.75, 3.05) is 5.75 Å². The lowest BCUT2D eigenvalue weighted by atomic mass is 9.57. The van der Waals surface area contributed by atoms with Gasteiger partial charge in [0.25, 0.3) is 0 Å². The van der Waals surface area contributed by atoms with Crippen molar-refractivity contribution in [1.82, 2.24) is 0 Å². The van der Waals surface area contributed by atoms with Crippen LogP contribution >= 0.6 is 11.8 Å². The standard InChI is InChI=1S/C28H54O3SSi2/c1-13-14-17-32-20-21-18-24(31-34(11,12)27(5,6)7)23-19-22(15-16-28(23,8)25(21)29)30-33(9,10)26(2,3)4/h20,22-24H,13-19H2,1-12H3/b21-20-/t22-,23-,24-,28-/m0/s1. The minimum Gasteiger partial charge on any atom is -0.414 e. The number of Topliss-reactive ketones (excluding diaryl/α,β-unsaturated/α-hetero) is 1. The zero-order valence-corrected chi connectivity index (χ0v) is 27.2. The summed E-state index contributed by atoms with van der Waals surface area (Å²) in [6.45, 7) is 27.7. The van der Waals surface area contributed by atoms with Crippen molar-refractivity contribution >= 4 is 34.2 Å². The van der Waals surface area contributed by atoms with Crippen LogP contribution in [-0.2, 0) is 13.6 Å². The van der Waals surface area contributed by atoms with Gasteiger partial charge in [0.05, 0.1) is 6.10 Å². The van der Waals surface area contributed by atoms with Gasteiger partial charge in [-0.1, -0.05) is 61.8 Å². The third-order valence-corrected chi connectivity index (χ3v) is 19.4. The fourth-order valence-electron chi connectivity index (χ4n) is 4.84. The Morgan fingerprint density at radius 3 is 2.12 bits per heavy atom. The molecule has 2 aliphatic carbocycles. The minimum atomic E-state index is -1.97. The second kappa shape index (κ2) is 10.8. The Balaban J connectivity index is 2.36. The van der Waals surface area contributed by atoms with Gasteiger partial charge in [0.1, 0.15) is 0 Å². The molecule has 6 heteroatoms. The number of hydrogen-bond donors (Lipinski definition) is 0. The number of carbonyl (C=O) groups is 1. The summed E-state index contributed by atoms with van der Waals surface area (Å²) >= 11 is 1.82. The maximum atomic E-state index is 13.8. The molecule has 2 saturated carbocycles. The molecule has 2 fully saturated rings. The molecule has 0 aromatic carbocycles. The molecular formula is C28H54O3SSi2. The van der Waals surface area contributed by atoms with Gasteiger partial charge in [-0.15, -0.1) is 11.8 Å². The number of fused-ring (bicyclic) bond motifs is 1. The van der Waals surface area contributed by atoms with E-state index in [1.54, 1.807) is 0 Å². The largest absolute Gasteiger partial charge is 0.414 e. The maximum absolute atomic E-state index is 13.8. The summed E-state index contributed by atoms with van der Waals surface area (Å²) < 4.78 is 14.0. The quantitative estimate of drug-likeness (QED) is 0.180. The summed E-state index contributed by atoms with van der Waals surface area (Å²) in [5.41, 5.74) is 0.669. The average molecular weight is 527 g/mol. The van der Waals surface area contributed by atoms with Crippen LogP contribution in [0, 0.1) is 11.3 Å². The highest BCUT2D eigenvalue weighted by Gasteiger charge is 2.55. The Bertz CT molecular complexity index is 748. The first kappa shape index (κ1) is 30.3. The molecule has 0 bridgehead atoms. The number of hydrogen-bond acceptors (Lipinski definition) is 4. The van der Waals surface area contributed by atoms with Crippen LogP contribution in [0.4, 0.5) is 0 Å². The van der Waals surface area contributed by atoms with E-state index in [1.807, 2.05) is 11.8 Å². The molecule has 198 valence electrons. The van der Waals surface area contributed by atoms with E-state index < -0.39 is 16.6 Å². The molecule has 2 rings (SSSR count). The highest BCUT2D eigenvalue weighted by molar-refractivity contribution is 8.02. The van der Waals surface area contributed by atoms with Crippen LogP contribution in [-0.4, -0.2) is 40.4 Å². The SMILES string of the molecule is CCCCS/C=C1/C[C@H](O[Si](C)(C)C(C)(C)C)[C@@H]2C[C@@H](O[Si](C)(C)C(C)(C)C)CC[C@]2(C)C1=O. The van der Waals surface area contributed by atoms with Gasteiger partial charge < -0.3 is 8.85 Å². The van der Waals surface area contributed by atoms with Gasteiger partial charge in [-0.3, -0.25) is 4.79 Å². The minimum absolute atomic E-state index is 0.104.